The van der Waals surface area contributed by atoms with Crippen molar-refractivity contribution in [1.29, 1.82) is 0 Å². The van der Waals surface area contributed by atoms with Gasteiger partial charge in [-0.15, -0.1) is 0 Å². The number of carbonyl (C=O) groups is 1. The lowest BCUT2D eigenvalue weighted by atomic mass is 10.0. The van der Waals surface area contributed by atoms with Crippen molar-refractivity contribution in [3.8, 4) is 11.3 Å². The molecule has 27 heavy (non-hydrogen) atoms. The minimum absolute atomic E-state index is 0.0755. The van der Waals surface area contributed by atoms with E-state index in [1.807, 2.05) is 24.3 Å². The van der Waals surface area contributed by atoms with E-state index in [1.165, 1.54) is 13.0 Å². The van der Waals surface area contributed by atoms with Crippen molar-refractivity contribution in [1.82, 2.24) is 5.16 Å². The largest absolute Gasteiger partial charge is 0.457 e. The Balaban J connectivity index is 1.76. The van der Waals surface area contributed by atoms with E-state index >= 15 is 0 Å². The van der Waals surface area contributed by atoms with E-state index in [0.717, 1.165) is 22.2 Å². The minimum Gasteiger partial charge on any atom is -0.457 e. The molecule has 4 nitrogen and oxygen atoms in total. The molecule has 2 aromatic carbocycles. The third-order valence-corrected chi connectivity index (χ3v) is 4.65. The summed E-state index contributed by atoms with van der Waals surface area (Å²) in [6.45, 7) is 3.27. The van der Waals surface area contributed by atoms with Crippen LogP contribution in [0.4, 0.5) is 8.78 Å². The van der Waals surface area contributed by atoms with Crippen LogP contribution >= 0.6 is 15.9 Å². The van der Waals surface area contributed by atoms with E-state index < -0.39 is 23.7 Å². The quantitative estimate of drug-likeness (QED) is 0.493. The molecule has 0 radical (unpaired) electrons. The van der Waals surface area contributed by atoms with E-state index in [9.17, 15) is 13.6 Å². The predicted molar refractivity (Wildman–Crippen MR) is 98.9 cm³/mol. The summed E-state index contributed by atoms with van der Waals surface area (Å²) in [7, 11) is 0. The molecule has 0 aliphatic heterocycles. The van der Waals surface area contributed by atoms with Crippen molar-refractivity contribution in [3.63, 3.8) is 0 Å². The molecule has 7 heteroatoms. The highest BCUT2D eigenvalue weighted by Gasteiger charge is 2.21. The van der Waals surface area contributed by atoms with Crippen molar-refractivity contribution in [2.45, 2.75) is 26.4 Å². The molecular weight excluding hydrogens is 420 g/mol. The summed E-state index contributed by atoms with van der Waals surface area (Å²) < 4.78 is 38.5. The van der Waals surface area contributed by atoms with Gasteiger partial charge in [0.25, 0.3) is 0 Å². The number of aryl methyl sites for hydroxylation is 1. The first-order chi connectivity index (χ1) is 12.8. The SMILES string of the molecule is Cc1noc(-c2ccc(Br)cc2)c1CC(=O)OC(C)c1ccc(F)cc1F. The Bertz CT molecular complexity index is 970. The van der Waals surface area contributed by atoms with Crippen molar-refractivity contribution < 1.29 is 22.8 Å². The second kappa shape index (κ2) is 8.00. The number of rotatable bonds is 5. The van der Waals surface area contributed by atoms with E-state index in [1.54, 1.807) is 6.92 Å². The average Bonchev–Trinajstić information content (AvgIpc) is 2.96. The van der Waals surface area contributed by atoms with E-state index in [0.29, 0.717) is 17.0 Å². The smallest absolute Gasteiger partial charge is 0.311 e. The number of carbonyl (C=O) groups excluding carboxylic acids is 1. The number of hydrogen-bond donors (Lipinski definition) is 0. The first-order valence-electron chi connectivity index (χ1n) is 8.20. The Morgan fingerprint density at radius 3 is 2.59 bits per heavy atom. The first kappa shape index (κ1) is 19.2. The highest BCUT2D eigenvalue weighted by atomic mass is 79.9. The van der Waals surface area contributed by atoms with Crippen LogP contribution < -0.4 is 0 Å². The molecule has 0 amide bonds. The van der Waals surface area contributed by atoms with Gasteiger partial charge in [-0.05, 0) is 38.1 Å². The lowest BCUT2D eigenvalue weighted by Gasteiger charge is -2.14. The van der Waals surface area contributed by atoms with E-state index in [2.05, 4.69) is 21.1 Å². The summed E-state index contributed by atoms with van der Waals surface area (Å²) in [4.78, 5) is 12.4. The normalized spacial score (nSPS) is 12.0. The number of aromatic nitrogens is 1. The van der Waals surface area contributed by atoms with Crippen LogP contribution in [0, 0.1) is 18.6 Å². The molecule has 0 bridgehead atoms. The number of ether oxygens (including phenoxy) is 1. The maximum Gasteiger partial charge on any atom is 0.311 e. The lowest BCUT2D eigenvalue weighted by Crippen LogP contribution is -2.13. The summed E-state index contributed by atoms with van der Waals surface area (Å²) in [6.07, 6.45) is -0.928. The number of hydrogen-bond acceptors (Lipinski definition) is 4. The summed E-state index contributed by atoms with van der Waals surface area (Å²) in [6, 6.07) is 10.5. The molecule has 0 saturated carbocycles. The number of esters is 1. The van der Waals surface area contributed by atoms with Crippen LogP contribution in [0.5, 0.6) is 0 Å². The van der Waals surface area contributed by atoms with E-state index in [4.69, 9.17) is 9.26 Å². The molecule has 1 heterocycles. The molecule has 3 aromatic rings. The molecule has 1 unspecified atom stereocenters. The van der Waals surface area contributed by atoms with Crippen molar-refractivity contribution >= 4 is 21.9 Å². The van der Waals surface area contributed by atoms with Gasteiger partial charge in [-0.3, -0.25) is 4.79 Å². The Hall–Kier alpha value is -2.54. The number of halogens is 3. The monoisotopic (exact) mass is 435 g/mol. The van der Waals surface area contributed by atoms with Gasteiger partial charge in [-0.2, -0.15) is 0 Å². The molecular formula is C20H16BrF2NO3. The highest BCUT2D eigenvalue weighted by Crippen LogP contribution is 2.29. The number of benzene rings is 2. The second-order valence-electron chi connectivity index (χ2n) is 6.06. The fraction of sp³-hybridized carbons (Fsp3) is 0.200. The van der Waals surface area contributed by atoms with Crippen LogP contribution in [0.25, 0.3) is 11.3 Å². The first-order valence-corrected chi connectivity index (χ1v) is 9.00. The second-order valence-corrected chi connectivity index (χ2v) is 6.97. The van der Waals surface area contributed by atoms with Crippen molar-refractivity contribution in [3.05, 3.63) is 75.4 Å². The van der Waals surface area contributed by atoms with Crippen LogP contribution in [0.2, 0.25) is 0 Å². The Kier molecular flexibility index (Phi) is 5.70. The fourth-order valence-electron chi connectivity index (χ4n) is 2.70. The topological polar surface area (TPSA) is 52.3 Å². The van der Waals surface area contributed by atoms with Gasteiger partial charge < -0.3 is 9.26 Å². The molecule has 0 aliphatic carbocycles. The maximum absolute atomic E-state index is 13.9. The zero-order valence-corrected chi connectivity index (χ0v) is 16.2. The van der Waals surface area contributed by atoms with Crippen LogP contribution in [0.3, 0.4) is 0 Å². The molecule has 1 aromatic heterocycles. The maximum atomic E-state index is 13.9. The van der Waals surface area contributed by atoms with Crippen LogP contribution in [-0.2, 0) is 16.0 Å². The molecule has 0 N–H and O–H groups in total. The van der Waals surface area contributed by atoms with Gasteiger partial charge in [0.05, 0.1) is 12.1 Å². The molecule has 3 rings (SSSR count). The standard InChI is InChI=1S/C20H16BrF2NO3/c1-11-17(20(27-24-11)13-3-5-14(21)6-4-13)10-19(25)26-12(2)16-8-7-15(22)9-18(16)23/h3-9,12H,10H2,1-2H3. The van der Waals surface area contributed by atoms with Crippen molar-refractivity contribution in [2.24, 2.45) is 0 Å². The van der Waals surface area contributed by atoms with Gasteiger partial charge in [0.2, 0.25) is 0 Å². The van der Waals surface area contributed by atoms with Gasteiger partial charge in [0.1, 0.15) is 17.7 Å². The average molecular weight is 436 g/mol. The lowest BCUT2D eigenvalue weighted by molar-refractivity contribution is -0.147. The van der Waals surface area contributed by atoms with Gasteiger partial charge in [0, 0.05) is 27.2 Å². The molecule has 140 valence electrons. The molecule has 0 aliphatic rings. The summed E-state index contributed by atoms with van der Waals surface area (Å²) in [5, 5.41) is 3.93. The molecule has 0 spiro atoms. The zero-order valence-electron chi connectivity index (χ0n) is 14.6. The Morgan fingerprint density at radius 2 is 1.93 bits per heavy atom. The summed E-state index contributed by atoms with van der Waals surface area (Å²) in [5.74, 6) is -1.52. The van der Waals surface area contributed by atoms with Crippen LogP contribution in [0.1, 0.15) is 29.8 Å². The molecule has 1 atom stereocenters. The van der Waals surface area contributed by atoms with Gasteiger partial charge in [0.15, 0.2) is 5.76 Å². The summed E-state index contributed by atoms with van der Waals surface area (Å²) in [5.41, 5.74) is 2.07. The molecule has 0 saturated heterocycles. The van der Waals surface area contributed by atoms with Crippen molar-refractivity contribution in [2.75, 3.05) is 0 Å². The minimum atomic E-state index is -0.852. The van der Waals surface area contributed by atoms with Gasteiger partial charge in [-0.1, -0.05) is 33.2 Å². The zero-order chi connectivity index (χ0) is 19.6. The third kappa shape index (κ3) is 4.42. The summed E-state index contributed by atoms with van der Waals surface area (Å²) >= 11 is 3.37. The van der Waals surface area contributed by atoms with Gasteiger partial charge >= 0.3 is 5.97 Å². The van der Waals surface area contributed by atoms with E-state index in [-0.39, 0.29) is 12.0 Å². The third-order valence-electron chi connectivity index (χ3n) is 4.12. The van der Waals surface area contributed by atoms with Crippen LogP contribution in [-0.4, -0.2) is 11.1 Å². The Labute approximate surface area is 163 Å². The van der Waals surface area contributed by atoms with Crippen LogP contribution in [0.15, 0.2) is 51.5 Å². The van der Waals surface area contributed by atoms with Gasteiger partial charge in [-0.25, -0.2) is 8.78 Å². The predicted octanol–water partition coefficient (Wildman–Crippen LogP) is 5.54. The molecule has 0 fully saturated rings. The Morgan fingerprint density at radius 1 is 1.22 bits per heavy atom. The number of nitrogens with zero attached hydrogens (tertiary/aromatic N) is 1. The fourth-order valence-corrected chi connectivity index (χ4v) is 2.97. The highest BCUT2D eigenvalue weighted by molar-refractivity contribution is 9.10.